The molecule has 0 heterocycles. The van der Waals surface area contributed by atoms with Crippen LogP contribution in [0.2, 0.25) is 0 Å². The highest BCUT2D eigenvalue weighted by Crippen LogP contribution is 2.52. The first kappa shape index (κ1) is 14.4. The topological polar surface area (TPSA) is 77.8 Å². The molecule has 2 rings (SSSR count). The van der Waals surface area contributed by atoms with Gasteiger partial charge in [0.2, 0.25) is 0 Å². The molecule has 4 heteroatoms. The van der Waals surface area contributed by atoms with E-state index in [1.807, 2.05) is 20.8 Å². The number of rotatable bonds is 1. The Bertz CT molecular complexity index is 453. The molecule has 2 aliphatic rings. The summed E-state index contributed by atoms with van der Waals surface area (Å²) in [5.41, 5.74) is 0.847. The number of hydrogen-bond donors (Lipinski definition) is 3. The largest absolute Gasteiger partial charge is 0.390 e. The fourth-order valence-electron chi connectivity index (χ4n) is 3.39. The molecule has 19 heavy (non-hydrogen) atoms. The maximum absolute atomic E-state index is 12.1. The van der Waals surface area contributed by atoms with Crippen LogP contribution in [0.3, 0.4) is 0 Å². The lowest BCUT2D eigenvalue weighted by molar-refractivity contribution is -0.134. The molecule has 2 aliphatic carbocycles. The van der Waals surface area contributed by atoms with E-state index in [9.17, 15) is 20.1 Å². The van der Waals surface area contributed by atoms with Crippen molar-refractivity contribution in [1.29, 1.82) is 0 Å². The van der Waals surface area contributed by atoms with E-state index >= 15 is 0 Å². The Morgan fingerprint density at radius 3 is 2.47 bits per heavy atom. The third kappa shape index (κ3) is 1.98. The zero-order chi connectivity index (χ0) is 14.5. The van der Waals surface area contributed by atoms with Crippen molar-refractivity contribution in [2.24, 2.45) is 17.3 Å². The first-order chi connectivity index (χ1) is 8.70. The second kappa shape index (κ2) is 4.54. The molecule has 0 radical (unpaired) electrons. The maximum Gasteiger partial charge on any atom is 0.162 e. The van der Waals surface area contributed by atoms with E-state index < -0.39 is 23.7 Å². The molecular weight excluding hydrogens is 244 g/mol. The maximum atomic E-state index is 12.1. The zero-order valence-corrected chi connectivity index (χ0v) is 11.6. The molecule has 0 aromatic carbocycles. The van der Waals surface area contributed by atoms with Gasteiger partial charge >= 0.3 is 0 Å². The van der Waals surface area contributed by atoms with Crippen LogP contribution in [0.1, 0.15) is 27.2 Å². The number of ketones is 1. The van der Waals surface area contributed by atoms with E-state index in [-0.39, 0.29) is 17.6 Å². The summed E-state index contributed by atoms with van der Waals surface area (Å²) < 4.78 is 0. The van der Waals surface area contributed by atoms with Gasteiger partial charge < -0.3 is 15.3 Å². The molecule has 3 N–H and O–H groups in total. The van der Waals surface area contributed by atoms with Gasteiger partial charge in [-0.2, -0.15) is 0 Å². The van der Waals surface area contributed by atoms with Gasteiger partial charge in [-0.25, -0.2) is 0 Å². The Kier molecular flexibility index (Phi) is 3.45. The summed E-state index contributed by atoms with van der Waals surface area (Å²) in [6, 6.07) is 0. The third-order valence-corrected chi connectivity index (χ3v) is 5.03. The van der Waals surface area contributed by atoms with Gasteiger partial charge in [-0.3, -0.25) is 4.79 Å². The Hall–Kier alpha value is -0.970. The van der Waals surface area contributed by atoms with Gasteiger partial charge in [0.05, 0.1) is 6.10 Å². The number of allylic oxidation sites excluding steroid dienone is 2. The van der Waals surface area contributed by atoms with Gasteiger partial charge in [0, 0.05) is 5.92 Å². The van der Waals surface area contributed by atoms with Crippen molar-refractivity contribution >= 4 is 5.78 Å². The second-order valence-corrected chi connectivity index (χ2v) is 6.24. The highest BCUT2D eigenvalue weighted by molar-refractivity contribution is 5.95. The van der Waals surface area contributed by atoms with E-state index in [0.29, 0.717) is 12.0 Å². The van der Waals surface area contributed by atoms with Gasteiger partial charge in [-0.1, -0.05) is 26.0 Å². The normalized spacial score (nSPS) is 46.5. The Balaban J connectivity index is 2.50. The fourth-order valence-corrected chi connectivity index (χ4v) is 3.39. The minimum atomic E-state index is -1.23. The van der Waals surface area contributed by atoms with Crippen molar-refractivity contribution in [2.45, 2.75) is 45.5 Å². The summed E-state index contributed by atoms with van der Waals surface area (Å²) in [6.07, 6.45) is -1.43. The number of aliphatic hydroxyl groups is 3. The lowest BCUT2D eigenvalue weighted by Crippen LogP contribution is -2.57. The first-order valence-electron chi connectivity index (χ1n) is 6.65. The Morgan fingerprint density at radius 2 is 1.95 bits per heavy atom. The summed E-state index contributed by atoms with van der Waals surface area (Å²) in [5.74, 6) is -0.576. The molecule has 6 atom stereocenters. The smallest absolute Gasteiger partial charge is 0.162 e. The summed E-state index contributed by atoms with van der Waals surface area (Å²) in [5, 5.41) is 30.0. The van der Waals surface area contributed by atoms with Crippen LogP contribution in [0.15, 0.2) is 23.8 Å². The molecule has 106 valence electrons. The molecular formula is C15H22O4. The van der Waals surface area contributed by atoms with Crippen molar-refractivity contribution in [1.82, 2.24) is 0 Å². The minimum Gasteiger partial charge on any atom is -0.390 e. The van der Waals surface area contributed by atoms with Gasteiger partial charge in [-0.05, 0) is 36.3 Å². The van der Waals surface area contributed by atoms with Gasteiger partial charge in [0.15, 0.2) is 5.78 Å². The van der Waals surface area contributed by atoms with Crippen molar-refractivity contribution in [3.05, 3.63) is 23.8 Å². The van der Waals surface area contributed by atoms with Crippen molar-refractivity contribution in [2.75, 3.05) is 0 Å². The highest BCUT2D eigenvalue weighted by atomic mass is 16.4. The number of carbonyl (C=O) groups is 1. The summed E-state index contributed by atoms with van der Waals surface area (Å²) in [7, 11) is 0. The van der Waals surface area contributed by atoms with Crippen LogP contribution in [0.25, 0.3) is 0 Å². The Labute approximate surface area is 113 Å². The van der Waals surface area contributed by atoms with Crippen LogP contribution >= 0.6 is 0 Å². The molecule has 0 saturated heterocycles. The van der Waals surface area contributed by atoms with Gasteiger partial charge in [-0.15, -0.1) is 0 Å². The predicted octanol–water partition coefficient (Wildman–Crippen LogP) is 0.817. The predicted molar refractivity (Wildman–Crippen MR) is 71.3 cm³/mol. The minimum absolute atomic E-state index is 0.0742. The summed E-state index contributed by atoms with van der Waals surface area (Å²) in [6.45, 7) is 9.45. The van der Waals surface area contributed by atoms with E-state index in [1.54, 1.807) is 0 Å². The SMILES string of the molecule is C=C(C)C1CC2(C)C(=CC1=O)C(O)C(O)C(O)C2C. The average molecular weight is 266 g/mol. The van der Waals surface area contributed by atoms with Crippen LogP contribution in [0, 0.1) is 17.3 Å². The molecule has 6 unspecified atom stereocenters. The van der Waals surface area contributed by atoms with Crippen molar-refractivity contribution in [3.8, 4) is 0 Å². The summed E-state index contributed by atoms with van der Waals surface area (Å²) >= 11 is 0. The number of aliphatic hydroxyl groups excluding tert-OH is 3. The van der Waals surface area contributed by atoms with Crippen LogP contribution < -0.4 is 0 Å². The van der Waals surface area contributed by atoms with E-state index in [4.69, 9.17) is 0 Å². The monoisotopic (exact) mass is 266 g/mol. The molecule has 0 aromatic heterocycles. The molecule has 0 aliphatic heterocycles. The van der Waals surface area contributed by atoms with Crippen LogP contribution in [0.5, 0.6) is 0 Å². The zero-order valence-electron chi connectivity index (χ0n) is 11.6. The molecule has 0 spiro atoms. The molecule has 1 fully saturated rings. The number of hydrogen-bond acceptors (Lipinski definition) is 4. The first-order valence-corrected chi connectivity index (χ1v) is 6.65. The second-order valence-electron chi connectivity index (χ2n) is 6.24. The van der Waals surface area contributed by atoms with Crippen LogP contribution in [0.4, 0.5) is 0 Å². The van der Waals surface area contributed by atoms with E-state index in [2.05, 4.69) is 6.58 Å². The molecule has 0 amide bonds. The molecule has 0 bridgehead atoms. The third-order valence-electron chi connectivity index (χ3n) is 5.03. The van der Waals surface area contributed by atoms with Gasteiger partial charge in [0.1, 0.15) is 12.2 Å². The lowest BCUT2D eigenvalue weighted by atomic mass is 9.55. The molecule has 1 saturated carbocycles. The van der Waals surface area contributed by atoms with Crippen molar-refractivity contribution in [3.63, 3.8) is 0 Å². The number of fused-ring (bicyclic) bond motifs is 1. The molecule has 0 aromatic rings. The molecule has 4 nitrogen and oxygen atoms in total. The van der Waals surface area contributed by atoms with E-state index in [0.717, 1.165) is 5.57 Å². The quantitative estimate of drug-likeness (QED) is 0.614. The van der Waals surface area contributed by atoms with Crippen LogP contribution in [-0.2, 0) is 4.79 Å². The Morgan fingerprint density at radius 1 is 1.37 bits per heavy atom. The van der Waals surface area contributed by atoms with Gasteiger partial charge in [0.25, 0.3) is 0 Å². The highest BCUT2D eigenvalue weighted by Gasteiger charge is 2.54. The fraction of sp³-hybridized carbons (Fsp3) is 0.667. The van der Waals surface area contributed by atoms with Crippen molar-refractivity contribution < 1.29 is 20.1 Å². The van der Waals surface area contributed by atoms with Crippen LogP contribution in [-0.4, -0.2) is 39.4 Å². The lowest BCUT2D eigenvalue weighted by Gasteiger charge is -2.52. The average Bonchev–Trinajstić information content (AvgIpc) is 2.35. The standard InChI is InChI=1S/C15H22O4/c1-7(2)9-6-15(4)8(3)12(17)14(19)13(18)10(15)5-11(9)16/h5,8-9,12-14,17-19H,1,6H2,2-4H3. The number of carbonyl (C=O) groups excluding carboxylic acids is 1. The summed E-state index contributed by atoms with van der Waals surface area (Å²) in [4.78, 5) is 12.1. The van der Waals surface area contributed by atoms with E-state index in [1.165, 1.54) is 6.08 Å².